The lowest BCUT2D eigenvalue weighted by Gasteiger charge is -2.12. The first-order valence-electron chi connectivity index (χ1n) is 4.97. The summed E-state index contributed by atoms with van der Waals surface area (Å²) >= 11 is 6.00. The van der Waals surface area contributed by atoms with E-state index in [2.05, 4.69) is 5.32 Å². The first kappa shape index (κ1) is 12.1. The molecule has 1 aromatic carbocycles. The molecule has 0 amide bonds. The monoisotopic (exact) mass is 228 g/mol. The summed E-state index contributed by atoms with van der Waals surface area (Å²) in [4.78, 5) is 0. The van der Waals surface area contributed by atoms with E-state index in [1.165, 1.54) is 0 Å². The zero-order valence-corrected chi connectivity index (χ0v) is 9.90. The molecular formula is C11H17ClN2O. The minimum absolute atomic E-state index is 0.682. The van der Waals surface area contributed by atoms with Gasteiger partial charge < -0.3 is 15.8 Å². The van der Waals surface area contributed by atoms with Gasteiger partial charge in [-0.1, -0.05) is 11.6 Å². The first-order chi connectivity index (χ1) is 7.19. The summed E-state index contributed by atoms with van der Waals surface area (Å²) in [5.74, 6) is 0.766. The van der Waals surface area contributed by atoms with Crippen LogP contribution in [0.25, 0.3) is 0 Å². The fourth-order valence-electron chi connectivity index (χ4n) is 1.30. The van der Waals surface area contributed by atoms with Crippen molar-refractivity contribution in [2.45, 2.75) is 13.3 Å². The van der Waals surface area contributed by atoms with Gasteiger partial charge in [-0.25, -0.2) is 0 Å². The van der Waals surface area contributed by atoms with Gasteiger partial charge in [-0.15, -0.1) is 0 Å². The Balaban J connectivity index is 2.80. The van der Waals surface area contributed by atoms with Gasteiger partial charge in [-0.2, -0.15) is 0 Å². The third-order valence-corrected chi connectivity index (χ3v) is 2.58. The number of nitrogens with two attached hydrogens (primary N) is 1. The third-order valence-electron chi connectivity index (χ3n) is 2.18. The molecule has 0 unspecified atom stereocenters. The summed E-state index contributed by atoms with van der Waals surface area (Å²) in [5.41, 5.74) is 7.43. The highest BCUT2D eigenvalue weighted by Gasteiger charge is 2.05. The van der Waals surface area contributed by atoms with Crippen LogP contribution in [0.3, 0.4) is 0 Å². The maximum atomic E-state index is 6.00. The van der Waals surface area contributed by atoms with E-state index in [0.29, 0.717) is 6.54 Å². The Morgan fingerprint density at radius 1 is 1.47 bits per heavy atom. The Morgan fingerprint density at radius 3 is 2.80 bits per heavy atom. The molecule has 15 heavy (non-hydrogen) atoms. The van der Waals surface area contributed by atoms with Gasteiger partial charge in [0.25, 0.3) is 0 Å². The van der Waals surface area contributed by atoms with Crippen molar-refractivity contribution in [3.8, 4) is 5.75 Å². The minimum Gasteiger partial charge on any atom is -0.495 e. The molecule has 0 aromatic heterocycles. The van der Waals surface area contributed by atoms with Crippen molar-refractivity contribution in [3.05, 3.63) is 22.7 Å². The van der Waals surface area contributed by atoms with Crippen LogP contribution < -0.4 is 15.8 Å². The third kappa shape index (κ3) is 3.29. The summed E-state index contributed by atoms with van der Waals surface area (Å²) in [6.07, 6.45) is 0.935. The number of rotatable bonds is 5. The van der Waals surface area contributed by atoms with Gasteiger partial charge in [0.2, 0.25) is 0 Å². The van der Waals surface area contributed by atoms with E-state index in [0.717, 1.165) is 35.0 Å². The maximum Gasteiger partial charge on any atom is 0.143 e. The molecule has 1 rings (SSSR count). The van der Waals surface area contributed by atoms with Crippen LogP contribution in [0.15, 0.2) is 12.1 Å². The van der Waals surface area contributed by atoms with Crippen molar-refractivity contribution in [3.63, 3.8) is 0 Å². The number of anilines is 1. The second-order valence-electron chi connectivity index (χ2n) is 3.37. The number of halogens is 1. The topological polar surface area (TPSA) is 47.3 Å². The summed E-state index contributed by atoms with van der Waals surface area (Å²) < 4.78 is 5.23. The predicted molar refractivity (Wildman–Crippen MR) is 64.9 cm³/mol. The van der Waals surface area contributed by atoms with Crippen molar-refractivity contribution in [2.24, 2.45) is 5.73 Å². The van der Waals surface area contributed by atoms with Gasteiger partial charge >= 0.3 is 0 Å². The van der Waals surface area contributed by atoms with E-state index in [-0.39, 0.29) is 0 Å². The van der Waals surface area contributed by atoms with Gasteiger partial charge in [0.1, 0.15) is 5.75 Å². The number of methoxy groups -OCH3 is 1. The van der Waals surface area contributed by atoms with E-state index in [1.807, 2.05) is 19.1 Å². The largest absolute Gasteiger partial charge is 0.495 e. The Kier molecular flexibility index (Phi) is 4.72. The molecule has 0 saturated heterocycles. The molecule has 0 heterocycles. The van der Waals surface area contributed by atoms with E-state index in [1.54, 1.807) is 7.11 Å². The highest BCUT2D eigenvalue weighted by molar-refractivity contribution is 6.31. The van der Waals surface area contributed by atoms with Gasteiger partial charge in [0.05, 0.1) is 12.8 Å². The molecule has 0 saturated carbocycles. The number of hydrogen-bond acceptors (Lipinski definition) is 3. The lowest BCUT2D eigenvalue weighted by molar-refractivity contribution is 0.416. The van der Waals surface area contributed by atoms with Crippen LogP contribution in [-0.2, 0) is 0 Å². The normalized spacial score (nSPS) is 10.1. The van der Waals surface area contributed by atoms with Crippen LogP contribution in [-0.4, -0.2) is 20.2 Å². The summed E-state index contributed by atoms with van der Waals surface area (Å²) in [5, 5.41) is 3.99. The van der Waals surface area contributed by atoms with Crippen molar-refractivity contribution < 1.29 is 4.74 Å². The Morgan fingerprint density at radius 2 is 2.20 bits per heavy atom. The second kappa shape index (κ2) is 5.83. The molecular weight excluding hydrogens is 212 g/mol. The molecule has 84 valence electrons. The summed E-state index contributed by atoms with van der Waals surface area (Å²) in [7, 11) is 1.63. The van der Waals surface area contributed by atoms with E-state index < -0.39 is 0 Å². The molecule has 0 aliphatic heterocycles. The highest BCUT2D eigenvalue weighted by atomic mass is 35.5. The zero-order valence-electron chi connectivity index (χ0n) is 9.14. The summed E-state index contributed by atoms with van der Waals surface area (Å²) in [6.45, 7) is 3.49. The van der Waals surface area contributed by atoms with Crippen LogP contribution in [0, 0.1) is 6.92 Å². The Bertz CT molecular complexity index is 329. The van der Waals surface area contributed by atoms with Crippen LogP contribution >= 0.6 is 11.6 Å². The van der Waals surface area contributed by atoms with Crippen molar-refractivity contribution in [1.82, 2.24) is 0 Å². The fourth-order valence-corrected chi connectivity index (χ4v) is 1.45. The molecule has 0 fully saturated rings. The smallest absolute Gasteiger partial charge is 0.143 e. The van der Waals surface area contributed by atoms with Crippen LogP contribution in [0.1, 0.15) is 12.0 Å². The number of hydrogen-bond donors (Lipinski definition) is 2. The van der Waals surface area contributed by atoms with Crippen molar-refractivity contribution in [1.29, 1.82) is 0 Å². The van der Waals surface area contributed by atoms with Crippen LogP contribution in [0.2, 0.25) is 5.02 Å². The first-order valence-corrected chi connectivity index (χ1v) is 5.35. The molecule has 1 aromatic rings. The lowest BCUT2D eigenvalue weighted by Crippen LogP contribution is -2.09. The van der Waals surface area contributed by atoms with Gasteiger partial charge in [-0.05, 0) is 31.5 Å². The molecule has 3 N–H and O–H groups in total. The average Bonchev–Trinajstić information content (AvgIpc) is 2.23. The average molecular weight is 229 g/mol. The number of aryl methyl sites for hydroxylation is 1. The number of nitrogens with one attached hydrogen (secondary N) is 1. The predicted octanol–water partition coefficient (Wildman–Crippen LogP) is 2.42. The number of ether oxygens (including phenoxy) is 1. The second-order valence-corrected chi connectivity index (χ2v) is 3.78. The van der Waals surface area contributed by atoms with Crippen LogP contribution in [0.4, 0.5) is 5.69 Å². The maximum absolute atomic E-state index is 6.00. The van der Waals surface area contributed by atoms with Crippen molar-refractivity contribution in [2.75, 3.05) is 25.5 Å². The van der Waals surface area contributed by atoms with Crippen LogP contribution in [0.5, 0.6) is 5.75 Å². The highest BCUT2D eigenvalue weighted by Crippen LogP contribution is 2.30. The lowest BCUT2D eigenvalue weighted by atomic mass is 10.2. The zero-order chi connectivity index (χ0) is 11.3. The standard InChI is InChI=1S/C11H17ClN2O/c1-8-6-10(14-5-3-4-13)11(15-2)7-9(8)12/h6-7,14H,3-5,13H2,1-2H3. The van der Waals surface area contributed by atoms with Crippen molar-refractivity contribution >= 4 is 17.3 Å². The van der Waals surface area contributed by atoms with E-state index in [9.17, 15) is 0 Å². The molecule has 0 bridgehead atoms. The fraction of sp³-hybridized carbons (Fsp3) is 0.455. The Labute approximate surface area is 95.6 Å². The van der Waals surface area contributed by atoms with E-state index >= 15 is 0 Å². The molecule has 0 radical (unpaired) electrons. The molecule has 0 atom stereocenters. The van der Waals surface area contributed by atoms with Gasteiger partial charge in [-0.3, -0.25) is 0 Å². The van der Waals surface area contributed by atoms with Gasteiger partial charge in [0, 0.05) is 17.6 Å². The molecule has 3 nitrogen and oxygen atoms in total. The van der Waals surface area contributed by atoms with Gasteiger partial charge in [0.15, 0.2) is 0 Å². The molecule has 0 spiro atoms. The quantitative estimate of drug-likeness (QED) is 0.761. The van der Waals surface area contributed by atoms with E-state index in [4.69, 9.17) is 22.1 Å². The molecule has 0 aliphatic carbocycles. The SMILES string of the molecule is COc1cc(Cl)c(C)cc1NCCCN. The number of benzene rings is 1. The summed E-state index contributed by atoms with van der Waals surface area (Å²) in [6, 6.07) is 3.80. The molecule has 0 aliphatic rings. The minimum atomic E-state index is 0.682. The Hall–Kier alpha value is -0.930. The molecule has 4 heteroatoms.